The minimum absolute atomic E-state index is 0.0314. The number of benzene rings is 2. The predicted octanol–water partition coefficient (Wildman–Crippen LogP) is 1.01. The number of amides is 1. The largest absolute Gasteiger partial charge is 0.490 e. The average molecular weight is 406 g/mol. The monoisotopic (exact) mass is 406 g/mol. The van der Waals surface area contributed by atoms with Crippen molar-refractivity contribution in [3.63, 3.8) is 0 Å². The molecule has 2 aromatic carbocycles. The van der Waals surface area contributed by atoms with Gasteiger partial charge in [0.15, 0.2) is 0 Å². The predicted molar refractivity (Wildman–Crippen MR) is 102 cm³/mol. The second-order valence-corrected chi connectivity index (χ2v) is 7.56. The molecule has 0 unspecified atom stereocenters. The van der Waals surface area contributed by atoms with Crippen LogP contribution in [0.4, 0.5) is 0 Å². The maximum absolute atomic E-state index is 12.1. The van der Waals surface area contributed by atoms with Crippen molar-refractivity contribution < 1.29 is 27.5 Å². The first kappa shape index (κ1) is 21.4. The third-order valence-electron chi connectivity index (χ3n) is 3.54. The first-order valence-corrected chi connectivity index (χ1v) is 10.0. The number of rotatable bonds is 10. The number of nitrogens with one attached hydrogen (secondary N) is 2. The van der Waals surface area contributed by atoms with E-state index < -0.39 is 28.4 Å². The van der Waals surface area contributed by atoms with Crippen LogP contribution in [0.25, 0.3) is 0 Å². The van der Waals surface area contributed by atoms with Gasteiger partial charge in [-0.05, 0) is 31.2 Å². The van der Waals surface area contributed by atoms with Gasteiger partial charge in [0.25, 0.3) is 0 Å². The van der Waals surface area contributed by atoms with Crippen LogP contribution in [0.1, 0.15) is 5.56 Å². The summed E-state index contributed by atoms with van der Waals surface area (Å²) < 4.78 is 36.6. The van der Waals surface area contributed by atoms with E-state index in [0.29, 0.717) is 5.75 Å². The van der Waals surface area contributed by atoms with Gasteiger partial charge >= 0.3 is 5.97 Å². The first-order chi connectivity index (χ1) is 13.4. The SMILES string of the molecule is Cc1ccc(S(=O)(=O)NCC(=O)NCC(=O)OCCOc2ccccc2)cc1. The van der Waals surface area contributed by atoms with E-state index >= 15 is 0 Å². The zero-order valence-electron chi connectivity index (χ0n) is 15.4. The zero-order valence-corrected chi connectivity index (χ0v) is 16.2. The van der Waals surface area contributed by atoms with E-state index in [1.54, 1.807) is 24.3 Å². The van der Waals surface area contributed by atoms with E-state index in [4.69, 9.17) is 9.47 Å². The number of carbonyl (C=O) groups excluding carboxylic acids is 2. The number of carbonyl (C=O) groups is 2. The molecule has 150 valence electrons. The Morgan fingerprint density at radius 1 is 0.929 bits per heavy atom. The van der Waals surface area contributed by atoms with Gasteiger partial charge in [-0.1, -0.05) is 35.9 Å². The fourth-order valence-corrected chi connectivity index (χ4v) is 3.06. The van der Waals surface area contributed by atoms with Crippen LogP contribution in [0, 0.1) is 6.92 Å². The van der Waals surface area contributed by atoms with E-state index in [2.05, 4.69) is 10.0 Å². The summed E-state index contributed by atoms with van der Waals surface area (Å²) in [5.74, 6) is -0.632. The van der Waals surface area contributed by atoms with Crippen molar-refractivity contribution in [2.75, 3.05) is 26.3 Å². The number of aryl methyl sites for hydroxylation is 1. The Kier molecular flexibility index (Phi) is 7.97. The van der Waals surface area contributed by atoms with Gasteiger partial charge in [-0.3, -0.25) is 9.59 Å². The summed E-state index contributed by atoms with van der Waals surface area (Å²) in [7, 11) is -3.80. The van der Waals surface area contributed by atoms with Crippen LogP contribution in [-0.4, -0.2) is 46.6 Å². The summed E-state index contributed by atoms with van der Waals surface area (Å²) in [5.41, 5.74) is 0.921. The minimum Gasteiger partial charge on any atom is -0.490 e. The van der Waals surface area contributed by atoms with E-state index in [1.807, 2.05) is 25.1 Å². The highest BCUT2D eigenvalue weighted by Gasteiger charge is 2.15. The van der Waals surface area contributed by atoms with Gasteiger partial charge in [-0.15, -0.1) is 0 Å². The summed E-state index contributed by atoms with van der Waals surface area (Å²) in [6, 6.07) is 15.3. The number of hydrogen-bond acceptors (Lipinski definition) is 6. The van der Waals surface area contributed by atoms with E-state index in [-0.39, 0.29) is 24.7 Å². The Morgan fingerprint density at radius 2 is 1.61 bits per heavy atom. The van der Waals surface area contributed by atoms with Crippen molar-refractivity contribution in [2.24, 2.45) is 0 Å². The van der Waals surface area contributed by atoms with E-state index in [0.717, 1.165) is 5.56 Å². The van der Waals surface area contributed by atoms with E-state index in [1.165, 1.54) is 12.1 Å². The fraction of sp³-hybridized carbons (Fsp3) is 0.263. The molecule has 0 saturated carbocycles. The smallest absolute Gasteiger partial charge is 0.325 e. The molecule has 9 heteroatoms. The van der Waals surface area contributed by atoms with Crippen LogP contribution < -0.4 is 14.8 Å². The minimum atomic E-state index is -3.80. The van der Waals surface area contributed by atoms with Gasteiger partial charge in [0.1, 0.15) is 25.5 Å². The molecule has 0 fully saturated rings. The number of sulfonamides is 1. The maximum Gasteiger partial charge on any atom is 0.325 e. The van der Waals surface area contributed by atoms with Crippen molar-refractivity contribution >= 4 is 21.9 Å². The summed E-state index contributed by atoms with van der Waals surface area (Å²) in [6.45, 7) is 1.20. The first-order valence-electron chi connectivity index (χ1n) is 8.53. The van der Waals surface area contributed by atoms with Gasteiger partial charge in [0, 0.05) is 0 Å². The standard InChI is InChI=1S/C19H22N2O6S/c1-15-7-9-17(10-8-15)28(24,25)21-13-18(22)20-14-19(23)27-12-11-26-16-5-3-2-4-6-16/h2-10,21H,11-14H2,1H3,(H,20,22). The molecular formula is C19H22N2O6S. The van der Waals surface area contributed by atoms with Crippen LogP contribution >= 0.6 is 0 Å². The lowest BCUT2D eigenvalue weighted by Crippen LogP contribution is -2.39. The molecule has 0 atom stereocenters. The number of ether oxygens (including phenoxy) is 2. The summed E-state index contributed by atoms with van der Waals surface area (Å²) in [4.78, 5) is 23.4. The van der Waals surface area contributed by atoms with Crippen molar-refractivity contribution in [1.29, 1.82) is 0 Å². The lowest BCUT2D eigenvalue weighted by atomic mass is 10.2. The van der Waals surface area contributed by atoms with Crippen LogP contribution in [0.2, 0.25) is 0 Å². The highest BCUT2D eigenvalue weighted by Crippen LogP contribution is 2.09. The Balaban J connectivity index is 1.63. The maximum atomic E-state index is 12.1. The van der Waals surface area contributed by atoms with Crippen LogP contribution in [0.3, 0.4) is 0 Å². The highest BCUT2D eigenvalue weighted by molar-refractivity contribution is 7.89. The second kappa shape index (κ2) is 10.4. The molecule has 0 saturated heterocycles. The Bertz CT molecular complexity index is 882. The number of hydrogen-bond donors (Lipinski definition) is 2. The fourth-order valence-electron chi connectivity index (χ4n) is 2.08. The molecule has 0 aliphatic rings. The molecule has 0 aliphatic heterocycles. The van der Waals surface area contributed by atoms with E-state index in [9.17, 15) is 18.0 Å². The number of esters is 1. The average Bonchev–Trinajstić information content (AvgIpc) is 2.69. The number of para-hydroxylation sites is 1. The van der Waals surface area contributed by atoms with Crippen LogP contribution in [0.15, 0.2) is 59.5 Å². The Hall–Kier alpha value is -2.91. The molecule has 0 spiro atoms. The molecule has 2 N–H and O–H groups in total. The molecule has 0 aliphatic carbocycles. The quantitative estimate of drug-likeness (QED) is 0.450. The van der Waals surface area contributed by atoms with Gasteiger partial charge in [0.2, 0.25) is 15.9 Å². The van der Waals surface area contributed by atoms with Gasteiger partial charge < -0.3 is 14.8 Å². The molecule has 2 rings (SSSR count). The molecular weight excluding hydrogens is 384 g/mol. The molecule has 2 aromatic rings. The molecule has 0 aromatic heterocycles. The third-order valence-corrected chi connectivity index (χ3v) is 4.96. The summed E-state index contributed by atoms with van der Waals surface area (Å²) in [6.07, 6.45) is 0. The van der Waals surface area contributed by atoms with Gasteiger partial charge in [0.05, 0.1) is 11.4 Å². The normalized spacial score (nSPS) is 10.9. The van der Waals surface area contributed by atoms with Crippen LogP contribution in [-0.2, 0) is 24.3 Å². The van der Waals surface area contributed by atoms with Gasteiger partial charge in [-0.2, -0.15) is 0 Å². The summed E-state index contributed by atoms with van der Waals surface area (Å²) >= 11 is 0. The third kappa shape index (κ3) is 7.37. The van der Waals surface area contributed by atoms with Crippen molar-refractivity contribution in [3.05, 3.63) is 60.2 Å². The topological polar surface area (TPSA) is 111 Å². The Labute approximate surface area is 163 Å². The van der Waals surface area contributed by atoms with Crippen molar-refractivity contribution in [1.82, 2.24) is 10.0 Å². The zero-order chi connectivity index (χ0) is 20.4. The molecule has 1 amide bonds. The van der Waals surface area contributed by atoms with Crippen molar-refractivity contribution in [2.45, 2.75) is 11.8 Å². The molecule has 28 heavy (non-hydrogen) atoms. The molecule has 0 heterocycles. The second-order valence-electron chi connectivity index (χ2n) is 5.80. The lowest BCUT2D eigenvalue weighted by Gasteiger charge is -2.09. The Morgan fingerprint density at radius 3 is 2.29 bits per heavy atom. The van der Waals surface area contributed by atoms with Gasteiger partial charge in [-0.25, -0.2) is 13.1 Å². The summed E-state index contributed by atoms with van der Waals surface area (Å²) in [5, 5.41) is 2.29. The molecule has 0 radical (unpaired) electrons. The van der Waals surface area contributed by atoms with Crippen molar-refractivity contribution in [3.8, 4) is 5.75 Å². The molecule has 8 nitrogen and oxygen atoms in total. The van der Waals surface area contributed by atoms with Crippen LogP contribution in [0.5, 0.6) is 5.75 Å². The molecule has 0 bridgehead atoms. The highest BCUT2D eigenvalue weighted by atomic mass is 32.2. The lowest BCUT2D eigenvalue weighted by molar-refractivity contribution is -0.144.